The molecule has 2 aromatic rings. The van der Waals surface area contributed by atoms with Crippen molar-refractivity contribution in [3.63, 3.8) is 0 Å². The van der Waals surface area contributed by atoms with E-state index < -0.39 is 6.03 Å². The van der Waals surface area contributed by atoms with E-state index in [0.29, 0.717) is 19.0 Å². The Labute approximate surface area is 110 Å². The van der Waals surface area contributed by atoms with Gasteiger partial charge >= 0.3 is 6.03 Å². The summed E-state index contributed by atoms with van der Waals surface area (Å²) in [4.78, 5) is 15.1. The first-order valence-corrected chi connectivity index (χ1v) is 6.21. The number of fused-ring (bicyclic) bond motifs is 1. The van der Waals surface area contributed by atoms with Gasteiger partial charge in [-0.2, -0.15) is 0 Å². The van der Waals surface area contributed by atoms with Gasteiger partial charge in [0.05, 0.1) is 16.9 Å². The summed E-state index contributed by atoms with van der Waals surface area (Å²) in [6.07, 6.45) is 0. The summed E-state index contributed by atoms with van der Waals surface area (Å²) >= 11 is 5.90. The van der Waals surface area contributed by atoms with Gasteiger partial charge in [-0.05, 0) is 18.6 Å². The molecule has 3 N–H and O–H groups in total. The Balaban J connectivity index is 2.37. The summed E-state index contributed by atoms with van der Waals surface area (Å²) in [5.41, 5.74) is 8.15. The molecule has 0 radical (unpaired) electrons. The fourth-order valence-electron chi connectivity index (χ4n) is 2.05. The van der Waals surface area contributed by atoms with Crippen molar-refractivity contribution in [3.8, 4) is 0 Å². The van der Waals surface area contributed by atoms with Crippen LogP contribution in [0.15, 0.2) is 18.2 Å². The zero-order valence-electron chi connectivity index (χ0n) is 10.1. The minimum absolute atomic E-state index is 0.338. The van der Waals surface area contributed by atoms with E-state index in [-0.39, 0.29) is 0 Å². The Morgan fingerprint density at radius 3 is 3.00 bits per heavy atom. The second-order valence-electron chi connectivity index (χ2n) is 4.05. The summed E-state index contributed by atoms with van der Waals surface area (Å²) < 4.78 is 2.02. The van der Waals surface area contributed by atoms with Crippen molar-refractivity contribution in [2.45, 2.75) is 19.3 Å². The molecule has 0 bridgehead atoms. The van der Waals surface area contributed by atoms with Crippen LogP contribution in [0.5, 0.6) is 0 Å². The van der Waals surface area contributed by atoms with E-state index in [0.717, 1.165) is 22.4 Å². The molecule has 18 heavy (non-hydrogen) atoms. The molecule has 0 spiro atoms. The number of benzene rings is 1. The van der Waals surface area contributed by atoms with Crippen molar-refractivity contribution in [2.24, 2.45) is 5.73 Å². The van der Waals surface area contributed by atoms with Crippen molar-refractivity contribution < 1.29 is 4.79 Å². The maximum Gasteiger partial charge on any atom is 0.312 e. The number of aromatic nitrogens is 2. The van der Waals surface area contributed by atoms with Crippen LogP contribution in [0.25, 0.3) is 11.0 Å². The molecule has 0 saturated carbocycles. The number of hydrogen-bond acceptors (Lipinski definition) is 2. The molecule has 0 saturated heterocycles. The molecule has 1 aromatic carbocycles. The molecule has 0 aliphatic carbocycles. The fourth-order valence-corrected chi connectivity index (χ4v) is 2.25. The average Bonchev–Trinajstić information content (AvgIpc) is 2.68. The van der Waals surface area contributed by atoms with Gasteiger partial charge in [0, 0.05) is 13.1 Å². The van der Waals surface area contributed by atoms with Crippen LogP contribution in [0, 0.1) is 6.92 Å². The van der Waals surface area contributed by atoms with Crippen LogP contribution in [-0.2, 0) is 12.4 Å². The van der Waals surface area contributed by atoms with Gasteiger partial charge in [-0.3, -0.25) is 0 Å². The highest BCUT2D eigenvalue weighted by Crippen LogP contribution is 2.20. The van der Waals surface area contributed by atoms with E-state index >= 15 is 0 Å². The van der Waals surface area contributed by atoms with Crippen molar-refractivity contribution in [3.05, 3.63) is 29.6 Å². The molecule has 2 amide bonds. The number of para-hydroxylation sites is 1. The maximum absolute atomic E-state index is 10.7. The molecular weight excluding hydrogens is 252 g/mol. The Morgan fingerprint density at radius 1 is 1.56 bits per heavy atom. The van der Waals surface area contributed by atoms with E-state index in [2.05, 4.69) is 10.3 Å². The number of alkyl halides is 1. The van der Waals surface area contributed by atoms with Crippen LogP contribution >= 0.6 is 11.6 Å². The lowest BCUT2D eigenvalue weighted by atomic mass is 10.2. The lowest BCUT2D eigenvalue weighted by Gasteiger charge is -2.09. The largest absolute Gasteiger partial charge is 0.352 e. The first-order valence-electron chi connectivity index (χ1n) is 5.67. The minimum Gasteiger partial charge on any atom is -0.352 e. The first-order chi connectivity index (χ1) is 8.63. The number of urea groups is 1. The highest BCUT2D eigenvalue weighted by molar-refractivity contribution is 6.16. The predicted molar refractivity (Wildman–Crippen MR) is 71.6 cm³/mol. The van der Waals surface area contributed by atoms with E-state index in [1.54, 1.807) is 0 Å². The zero-order chi connectivity index (χ0) is 13.1. The second kappa shape index (κ2) is 5.27. The summed E-state index contributed by atoms with van der Waals surface area (Å²) in [5.74, 6) is 1.14. The topological polar surface area (TPSA) is 72.9 Å². The number of nitrogens with one attached hydrogen (secondary N) is 1. The molecule has 1 aromatic heterocycles. The zero-order valence-corrected chi connectivity index (χ0v) is 10.9. The molecule has 5 nitrogen and oxygen atoms in total. The van der Waals surface area contributed by atoms with E-state index in [1.807, 2.05) is 29.7 Å². The number of nitrogens with two attached hydrogens (primary N) is 1. The molecule has 2 rings (SSSR count). The van der Waals surface area contributed by atoms with Gasteiger partial charge < -0.3 is 15.6 Å². The standard InChI is InChI=1S/C12H15ClN4O/c1-8-3-2-4-9-11(8)17(10(7-13)16-9)6-5-15-12(14)18/h2-4H,5-7H2,1H3,(H3,14,15,18). The predicted octanol–water partition coefficient (Wildman–Crippen LogP) is 1.75. The third-order valence-corrected chi connectivity index (χ3v) is 3.04. The lowest BCUT2D eigenvalue weighted by Crippen LogP contribution is -2.32. The quantitative estimate of drug-likeness (QED) is 0.828. The number of rotatable bonds is 4. The molecule has 0 atom stereocenters. The maximum atomic E-state index is 10.7. The smallest absolute Gasteiger partial charge is 0.312 e. The molecular formula is C12H15ClN4O. The van der Waals surface area contributed by atoms with Crippen LogP contribution < -0.4 is 11.1 Å². The monoisotopic (exact) mass is 266 g/mol. The van der Waals surface area contributed by atoms with E-state index in [4.69, 9.17) is 17.3 Å². The summed E-state index contributed by atoms with van der Waals surface area (Å²) in [7, 11) is 0. The normalized spacial score (nSPS) is 10.8. The Morgan fingerprint density at radius 2 is 2.33 bits per heavy atom. The minimum atomic E-state index is -0.524. The summed E-state index contributed by atoms with van der Waals surface area (Å²) in [6, 6.07) is 5.43. The number of halogens is 1. The number of primary amides is 1. The number of imidazole rings is 1. The van der Waals surface area contributed by atoms with Gasteiger partial charge in [0.25, 0.3) is 0 Å². The van der Waals surface area contributed by atoms with Crippen LogP contribution in [0.4, 0.5) is 4.79 Å². The van der Waals surface area contributed by atoms with Crippen LogP contribution in [0.2, 0.25) is 0 Å². The number of nitrogens with zero attached hydrogens (tertiary/aromatic N) is 2. The Hall–Kier alpha value is -1.75. The third-order valence-electron chi connectivity index (χ3n) is 2.80. The van der Waals surface area contributed by atoms with Crippen molar-refractivity contribution in [1.29, 1.82) is 0 Å². The van der Waals surface area contributed by atoms with Gasteiger partial charge in [0.15, 0.2) is 0 Å². The molecule has 1 heterocycles. The number of carbonyl (C=O) groups is 1. The van der Waals surface area contributed by atoms with Crippen LogP contribution in [0.1, 0.15) is 11.4 Å². The van der Waals surface area contributed by atoms with E-state index in [9.17, 15) is 4.79 Å². The Bertz CT molecular complexity index is 579. The summed E-state index contributed by atoms with van der Waals surface area (Å²) in [6.45, 7) is 3.09. The third kappa shape index (κ3) is 2.41. The number of aryl methyl sites for hydroxylation is 1. The van der Waals surface area contributed by atoms with Crippen molar-refractivity contribution >= 4 is 28.7 Å². The number of amides is 2. The molecule has 0 aliphatic heterocycles. The van der Waals surface area contributed by atoms with Gasteiger partial charge in [-0.25, -0.2) is 9.78 Å². The van der Waals surface area contributed by atoms with Gasteiger partial charge in [0.2, 0.25) is 0 Å². The van der Waals surface area contributed by atoms with Crippen LogP contribution in [-0.4, -0.2) is 22.1 Å². The first kappa shape index (κ1) is 12.7. The van der Waals surface area contributed by atoms with Gasteiger partial charge in [-0.1, -0.05) is 12.1 Å². The molecule has 0 fully saturated rings. The molecule has 6 heteroatoms. The van der Waals surface area contributed by atoms with Crippen molar-refractivity contribution in [1.82, 2.24) is 14.9 Å². The SMILES string of the molecule is Cc1cccc2nc(CCl)n(CCNC(N)=O)c12. The lowest BCUT2D eigenvalue weighted by molar-refractivity contribution is 0.248. The second-order valence-corrected chi connectivity index (χ2v) is 4.31. The fraction of sp³-hybridized carbons (Fsp3) is 0.333. The van der Waals surface area contributed by atoms with Crippen LogP contribution in [0.3, 0.4) is 0 Å². The van der Waals surface area contributed by atoms with Gasteiger partial charge in [0.1, 0.15) is 5.82 Å². The number of hydrogen-bond donors (Lipinski definition) is 2. The molecule has 0 aliphatic rings. The van der Waals surface area contributed by atoms with E-state index in [1.165, 1.54) is 0 Å². The highest BCUT2D eigenvalue weighted by Gasteiger charge is 2.11. The number of carbonyl (C=O) groups excluding carboxylic acids is 1. The van der Waals surface area contributed by atoms with Gasteiger partial charge in [-0.15, -0.1) is 11.6 Å². The Kier molecular flexibility index (Phi) is 3.72. The summed E-state index contributed by atoms with van der Waals surface area (Å²) in [5, 5.41) is 2.57. The van der Waals surface area contributed by atoms with Crippen molar-refractivity contribution in [2.75, 3.05) is 6.54 Å². The molecule has 96 valence electrons. The molecule has 0 unspecified atom stereocenters. The average molecular weight is 267 g/mol. The highest BCUT2D eigenvalue weighted by atomic mass is 35.5.